The molecule has 0 saturated carbocycles. The van der Waals surface area contributed by atoms with E-state index in [1.54, 1.807) is 6.92 Å². The Balaban J connectivity index is 3.15. The number of benzene rings is 1. The number of carboxylic acids is 1. The summed E-state index contributed by atoms with van der Waals surface area (Å²) in [5, 5.41) is 17.5. The Kier molecular flexibility index (Phi) is 5.19. The molecule has 0 spiro atoms. The molecule has 0 radical (unpaired) electrons. The zero-order valence-electron chi connectivity index (χ0n) is 10.6. The van der Waals surface area contributed by atoms with Gasteiger partial charge in [0.2, 0.25) is 10.0 Å². The molecule has 1 aromatic rings. The molecule has 0 aliphatic carbocycles. The highest BCUT2D eigenvalue weighted by molar-refractivity contribution is 7.89. The predicted octanol–water partition coefficient (Wildman–Crippen LogP) is 1.23. The van der Waals surface area contributed by atoms with Gasteiger partial charge in [-0.05, 0) is 18.6 Å². The van der Waals surface area contributed by atoms with Gasteiger partial charge in [0, 0.05) is 6.04 Å². The van der Waals surface area contributed by atoms with E-state index >= 15 is 0 Å². The maximum atomic E-state index is 13.4. The van der Waals surface area contributed by atoms with Crippen LogP contribution in [-0.2, 0) is 14.8 Å². The minimum atomic E-state index is -4.16. The molecule has 1 rings (SSSR count). The highest BCUT2D eigenvalue weighted by atomic mass is 32.2. The first-order valence-corrected chi connectivity index (χ1v) is 7.22. The van der Waals surface area contributed by atoms with E-state index in [4.69, 9.17) is 10.4 Å². The van der Waals surface area contributed by atoms with Crippen molar-refractivity contribution in [1.29, 1.82) is 5.26 Å². The van der Waals surface area contributed by atoms with Crippen molar-refractivity contribution in [3.8, 4) is 6.07 Å². The van der Waals surface area contributed by atoms with Crippen LogP contribution in [0.3, 0.4) is 0 Å². The third-order valence-corrected chi connectivity index (χ3v) is 4.18. The Labute approximate surface area is 115 Å². The van der Waals surface area contributed by atoms with Crippen LogP contribution in [0.5, 0.6) is 0 Å². The molecule has 0 aromatic heterocycles. The monoisotopic (exact) mass is 300 g/mol. The third-order valence-electron chi connectivity index (χ3n) is 2.61. The normalized spacial score (nSPS) is 12.7. The maximum Gasteiger partial charge on any atom is 0.304 e. The molecular formula is C12H13FN2O4S. The van der Waals surface area contributed by atoms with Gasteiger partial charge in [0.25, 0.3) is 0 Å². The topological polar surface area (TPSA) is 107 Å². The first-order valence-electron chi connectivity index (χ1n) is 5.74. The number of nitrogens with zero attached hydrogens (tertiary/aromatic N) is 1. The van der Waals surface area contributed by atoms with E-state index in [1.165, 1.54) is 12.1 Å². The molecule has 0 heterocycles. The molecule has 0 saturated heterocycles. The summed E-state index contributed by atoms with van der Waals surface area (Å²) in [5.74, 6) is -2.10. The van der Waals surface area contributed by atoms with Crippen LogP contribution in [0.25, 0.3) is 0 Å². The van der Waals surface area contributed by atoms with Gasteiger partial charge in [-0.15, -0.1) is 0 Å². The van der Waals surface area contributed by atoms with Crippen molar-refractivity contribution in [1.82, 2.24) is 4.72 Å². The number of carboxylic acid groups (broad SMARTS) is 1. The summed E-state index contributed by atoms with van der Waals surface area (Å²) in [7, 11) is -4.16. The van der Waals surface area contributed by atoms with E-state index in [9.17, 15) is 17.6 Å². The van der Waals surface area contributed by atoms with Crippen LogP contribution in [0.4, 0.5) is 4.39 Å². The zero-order chi connectivity index (χ0) is 15.3. The van der Waals surface area contributed by atoms with Gasteiger partial charge in [-0.25, -0.2) is 17.5 Å². The molecule has 6 nitrogen and oxygen atoms in total. The lowest BCUT2D eigenvalue weighted by atomic mass is 10.2. The molecule has 0 fully saturated rings. The van der Waals surface area contributed by atoms with Gasteiger partial charge < -0.3 is 5.11 Å². The molecule has 1 atom stereocenters. The number of rotatable bonds is 6. The summed E-state index contributed by atoms with van der Waals surface area (Å²) in [6.45, 7) is 1.62. The van der Waals surface area contributed by atoms with Gasteiger partial charge in [-0.2, -0.15) is 5.26 Å². The van der Waals surface area contributed by atoms with Crippen LogP contribution in [-0.4, -0.2) is 25.5 Å². The van der Waals surface area contributed by atoms with E-state index in [1.807, 2.05) is 0 Å². The number of carbonyl (C=O) groups is 1. The van der Waals surface area contributed by atoms with Crippen LogP contribution in [0.2, 0.25) is 0 Å². The molecule has 108 valence electrons. The average molecular weight is 300 g/mol. The molecule has 0 aliphatic heterocycles. The lowest BCUT2D eigenvalue weighted by Gasteiger charge is -2.15. The van der Waals surface area contributed by atoms with Gasteiger partial charge >= 0.3 is 5.97 Å². The highest BCUT2D eigenvalue weighted by Gasteiger charge is 2.25. The smallest absolute Gasteiger partial charge is 0.304 e. The molecule has 1 aromatic carbocycles. The summed E-state index contributed by atoms with van der Waals surface area (Å²) in [6.07, 6.45) is -0.143. The number of hydrogen-bond acceptors (Lipinski definition) is 4. The Morgan fingerprint density at radius 3 is 2.70 bits per heavy atom. The minimum Gasteiger partial charge on any atom is -0.481 e. The average Bonchev–Trinajstić information content (AvgIpc) is 2.36. The summed E-state index contributed by atoms with van der Waals surface area (Å²) in [6, 6.07) is 3.91. The molecule has 0 aliphatic rings. The fourth-order valence-electron chi connectivity index (χ4n) is 1.60. The Bertz CT molecular complexity index is 652. The fraction of sp³-hybridized carbons (Fsp3) is 0.333. The number of hydrogen-bond donors (Lipinski definition) is 2. The standard InChI is InChI=1S/C12H13FN2O4S/c1-2-8(6-12(16)17)15-20(18,19)11-5-3-4-10(13)9(11)7-14/h3-5,8,15H,2,6H2,1H3,(H,16,17). The number of nitrogens with one attached hydrogen (secondary N) is 1. The van der Waals surface area contributed by atoms with E-state index in [-0.39, 0.29) is 6.42 Å². The van der Waals surface area contributed by atoms with Gasteiger partial charge in [-0.3, -0.25) is 4.79 Å². The second-order valence-electron chi connectivity index (χ2n) is 4.05. The summed E-state index contributed by atoms with van der Waals surface area (Å²) < 4.78 is 39.8. The van der Waals surface area contributed by atoms with Crippen LogP contribution < -0.4 is 4.72 Å². The Morgan fingerprint density at radius 2 is 2.20 bits per heavy atom. The second kappa shape index (κ2) is 6.45. The molecule has 1 unspecified atom stereocenters. The molecule has 0 bridgehead atoms. The SMILES string of the molecule is CCC(CC(=O)O)NS(=O)(=O)c1cccc(F)c1C#N. The molecule has 8 heteroatoms. The van der Waals surface area contributed by atoms with Crippen molar-refractivity contribution >= 4 is 16.0 Å². The third kappa shape index (κ3) is 3.76. The quantitative estimate of drug-likeness (QED) is 0.821. The summed E-state index contributed by atoms with van der Waals surface area (Å²) in [4.78, 5) is 10.1. The summed E-state index contributed by atoms with van der Waals surface area (Å²) in [5.41, 5.74) is -0.592. The lowest BCUT2D eigenvalue weighted by Crippen LogP contribution is -2.36. The van der Waals surface area contributed by atoms with Gasteiger partial charge in [0.15, 0.2) is 0 Å². The number of aliphatic carboxylic acids is 1. The Hall–Kier alpha value is -1.98. The van der Waals surface area contributed by atoms with E-state index in [0.29, 0.717) is 0 Å². The van der Waals surface area contributed by atoms with Crippen molar-refractivity contribution in [3.63, 3.8) is 0 Å². The largest absolute Gasteiger partial charge is 0.481 e. The van der Waals surface area contributed by atoms with Gasteiger partial charge in [-0.1, -0.05) is 13.0 Å². The van der Waals surface area contributed by atoms with Gasteiger partial charge in [0.1, 0.15) is 22.3 Å². The first-order chi connectivity index (χ1) is 9.31. The van der Waals surface area contributed by atoms with Gasteiger partial charge in [0.05, 0.1) is 6.42 Å². The van der Waals surface area contributed by atoms with Crippen LogP contribution in [0.1, 0.15) is 25.3 Å². The number of sulfonamides is 1. The lowest BCUT2D eigenvalue weighted by molar-refractivity contribution is -0.137. The van der Waals surface area contributed by atoms with Crippen LogP contribution in [0.15, 0.2) is 23.1 Å². The van der Waals surface area contributed by atoms with E-state index in [2.05, 4.69) is 4.72 Å². The van der Waals surface area contributed by atoms with Crippen molar-refractivity contribution in [2.45, 2.75) is 30.7 Å². The molecular weight excluding hydrogens is 287 g/mol. The first kappa shape index (κ1) is 16.1. The summed E-state index contributed by atoms with van der Waals surface area (Å²) >= 11 is 0. The number of nitriles is 1. The predicted molar refractivity (Wildman–Crippen MR) is 67.8 cm³/mol. The van der Waals surface area contributed by atoms with Crippen molar-refractivity contribution in [3.05, 3.63) is 29.6 Å². The second-order valence-corrected chi connectivity index (χ2v) is 5.73. The van der Waals surface area contributed by atoms with Crippen molar-refractivity contribution in [2.24, 2.45) is 0 Å². The van der Waals surface area contributed by atoms with Crippen LogP contribution >= 0.6 is 0 Å². The van der Waals surface area contributed by atoms with E-state index < -0.39 is 44.7 Å². The Morgan fingerprint density at radius 1 is 1.55 bits per heavy atom. The number of halogens is 1. The minimum absolute atomic E-state index is 0.253. The van der Waals surface area contributed by atoms with E-state index in [0.717, 1.165) is 12.1 Å². The molecule has 0 amide bonds. The van der Waals surface area contributed by atoms with Crippen molar-refractivity contribution < 1.29 is 22.7 Å². The maximum absolute atomic E-state index is 13.4. The zero-order valence-corrected chi connectivity index (χ0v) is 11.4. The van der Waals surface area contributed by atoms with Crippen molar-refractivity contribution in [2.75, 3.05) is 0 Å². The fourth-order valence-corrected chi connectivity index (χ4v) is 3.09. The molecule has 20 heavy (non-hydrogen) atoms. The van der Waals surface area contributed by atoms with Crippen LogP contribution in [0, 0.1) is 17.1 Å². The highest BCUT2D eigenvalue weighted by Crippen LogP contribution is 2.18. The molecule has 2 N–H and O–H groups in total.